The van der Waals surface area contributed by atoms with E-state index in [1.54, 1.807) is 6.92 Å². The molecule has 0 unspecified atom stereocenters. The minimum atomic E-state index is -0.275. The van der Waals surface area contributed by atoms with Crippen LogP contribution in [0.25, 0.3) is 0 Å². The van der Waals surface area contributed by atoms with Gasteiger partial charge in [0, 0.05) is 0 Å². The summed E-state index contributed by atoms with van der Waals surface area (Å²) in [6.07, 6.45) is 1.32. The Balaban J connectivity index is 2.31. The molecule has 0 bridgehead atoms. The van der Waals surface area contributed by atoms with Gasteiger partial charge in [0.25, 0.3) is 5.91 Å². The number of carbonyl (C=O) groups excluding carboxylic acids is 1. The minimum Gasteiger partial charge on any atom is -0.364 e. The molecule has 1 aromatic carbocycles. The highest BCUT2D eigenvalue weighted by Crippen LogP contribution is 2.27. The van der Waals surface area contributed by atoms with Gasteiger partial charge in [0.15, 0.2) is 0 Å². The second kappa shape index (κ2) is 4.82. The smallest absolute Gasteiger partial charge is 0.260 e. The van der Waals surface area contributed by atoms with Gasteiger partial charge in [-0.05, 0) is 38.0 Å². The summed E-state index contributed by atoms with van der Waals surface area (Å²) in [6.45, 7) is 5.56. The van der Waals surface area contributed by atoms with Gasteiger partial charge in [-0.25, -0.2) is 0 Å². The molecule has 0 fully saturated rings. The molecule has 0 aliphatic rings. The van der Waals surface area contributed by atoms with Crippen LogP contribution in [0, 0.1) is 20.8 Å². The third kappa shape index (κ3) is 2.38. The number of anilines is 1. The largest absolute Gasteiger partial charge is 0.364 e. The Morgan fingerprint density at radius 1 is 1.33 bits per heavy atom. The van der Waals surface area contributed by atoms with Crippen LogP contribution in [0.2, 0.25) is 5.02 Å². The first-order valence-corrected chi connectivity index (χ1v) is 5.86. The minimum absolute atomic E-state index is 0.275. The van der Waals surface area contributed by atoms with E-state index in [1.165, 1.54) is 6.26 Å². The van der Waals surface area contributed by atoms with E-state index in [1.807, 2.05) is 26.0 Å². The number of aryl methyl sites for hydroxylation is 3. The number of aromatic nitrogens is 1. The Morgan fingerprint density at radius 2 is 2.06 bits per heavy atom. The molecule has 2 aromatic rings. The van der Waals surface area contributed by atoms with Gasteiger partial charge in [0.2, 0.25) is 0 Å². The van der Waals surface area contributed by atoms with Crippen molar-refractivity contribution in [1.29, 1.82) is 0 Å². The summed E-state index contributed by atoms with van der Waals surface area (Å²) in [5, 5.41) is 6.97. The number of hydrogen-bond acceptors (Lipinski definition) is 3. The summed E-state index contributed by atoms with van der Waals surface area (Å²) in [4.78, 5) is 12.0. The van der Waals surface area contributed by atoms with Crippen LogP contribution in [-0.2, 0) is 0 Å². The van der Waals surface area contributed by atoms with Crippen molar-refractivity contribution in [1.82, 2.24) is 5.16 Å². The van der Waals surface area contributed by atoms with Crippen LogP contribution >= 0.6 is 11.6 Å². The van der Waals surface area contributed by atoms with Crippen molar-refractivity contribution in [3.8, 4) is 0 Å². The SMILES string of the molecule is Cc1cc(C)c(NC(=O)c2conc2C)c(Cl)c1. The van der Waals surface area contributed by atoms with E-state index >= 15 is 0 Å². The zero-order valence-corrected chi connectivity index (χ0v) is 11.1. The quantitative estimate of drug-likeness (QED) is 0.903. The third-order valence-electron chi connectivity index (χ3n) is 2.66. The Labute approximate surface area is 110 Å². The molecule has 0 aliphatic carbocycles. The molecule has 0 aliphatic heterocycles. The van der Waals surface area contributed by atoms with E-state index in [9.17, 15) is 4.79 Å². The van der Waals surface area contributed by atoms with Crippen LogP contribution in [0.4, 0.5) is 5.69 Å². The highest BCUT2D eigenvalue weighted by molar-refractivity contribution is 6.34. The van der Waals surface area contributed by atoms with E-state index in [2.05, 4.69) is 10.5 Å². The molecule has 0 spiro atoms. The maximum absolute atomic E-state index is 12.0. The molecule has 1 N–H and O–H groups in total. The molecule has 94 valence electrons. The maximum Gasteiger partial charge on any atom is 0.260 e. The molecule has 4 nitrogen and oxygen atoms in total. The lowest BCUT2D eigenvalue weighted by atomic mass is 10.1. The van der Waals surface area contributed by atoms with Gasteiger partial charge in [0.05, 0.1) is 16.4 Å². The van der Waals surface area contributed by atoms with E-state index in [0.29, 0.717) is 22.0 Å². The molecule has 1 heterocycles. The molecule has 0 radical (unpaired) electrons. The van der Waals surface area contributed by atoms with Crippen molar-refractivity contribution in [3.63, 3.8) is 0 Å². The first-order chi connectivity index (χ1) is 8.49. The van der Waals surface area contributed by atoms with Gasteiger partial charge in [-0.2, -0.15) is 0 Å². The van der Waals surface area contributed by atoms with Gasteiger partial charge in [-0.3, -0.25) is 4.79 Å². The molecule has 1 aromatic heterocycles. The third-order valence-corrected chi connectivity index (χ3v) is 2.96. The molecular weight excluding hydrogens is 252 g/mol. The zero-order chi connectivity index (χ0) is 13.3. The highest BCUT2D eigenvalue weighted by Gasteiger charge is 2.15. The lowest BCUT2D eigenvalue weighted by molar-refractivity contribution is 0.102. The van der Waals surface area contributed by atoms with Crippen molar-refractivity contribution >= 4 is 23.2 Å². The predicted octanol–water partition coefficient (Wildman–Crippen LogP) is 3.51. The van der Waals surface area contributed by atoms with Crippen molar-refractivity contribution in [2.75, 3.05) is 5.32 Å². The first-order valence-electron chi connectivity index (χ1n) is 5.48. The van der Waals surface area contributed by atoms with E-state index in [-0.39, 0.29) is 5.91 Å². The molecule has 1 amide bonds. The van der Waals surface area contributed by atoms with Gasteiger partial charge in [-0.1, -0.05) is 22.8 Å². The second-order valence-corrected chi connectivity index (χ2v) is 4.61. The van der Waals surface area contributed by atoms with Gasteiger partial charge >= 0.3 is 0 Å². The predicted molar refractivity (Wildman–Crippen MR) is 70.1 cm³/mol. The van der Waals surface area contributed by atoms with Crippen LogP contribution in [0.5, 0.6) is 0 Å². The monoisotopic (exact) mass is 264 g/mol. The summed E-state index contributed by atoms with van der Waals surface area (Å²) in [6, 6.07) is 3.77. The van der Waals surface area contributed by atoms with Crippen molar-refractivity contribution in [3.05, 3.63) is 45.8 Å². The van der Waals surface area contributed by atoms with Crippen molar-refractivity contribution in [2.45, 2.75) is 20.8 Å². The Bertz CT molecular complexity index is 582. The summed E-state index contributed by atoms with van der Waals surface area (Å²) in [5.74, 6) is -0.275. The van der Waals surface area contributed by atoms with Crippen molar-refractivity contribution < 1.29 is 9.32 Å². The number of rotatable bonds is 2. The van der Waals surface area contributed by atoms with Crippen LogP contribution in [0.15, 0.2) is 22.9 Å². The van der Waals surface area contributed by atoms with Crippen LogP contribution in [0.1, 0.15) is 27.2 Å². The Kier molecular flexibility index (Phi) is 3.39. The van der Waals surface area contributed by atoms with E-state index in [4.69, 9.17) is 16.1 Å². The summed E-state index contributed by atoms with van der Waals surface area (Å²) in [5.41, 5.74) is 3.55. The number of amides is 1. The maximum atomic E-state index is 12.0. The molecular formula is C13H13ClN2O2. The molecule has 18 heavy (non-hydrogen) atoms. The molecule has 5 heteroatoms. The normalized spacial score (nSPS) is 10.4. The lowest BCUT2D eigenvalue weighted by Crippen LogP contribution is -2.13. The van der Waals surface area contributed by atoms with E-state index < -0.39 is 0 Å². The summed E-state index contributed by atoms with van der Waals surface area (Å²) < 4.78 is 4.74. The highest BCUT2D eigenvalue weighted by atomic mass is 35.5. The molecule has 0 saturated carbocycles. The van der Waals surface area contributed by atoms with Crippen LogP contribution < -0.4 is 5.32 Å². The average Bonchev–Trinajstić information content (AvgIpc) is 2.69. The number of hydrogen-bond donors (Lipinski definition) is 1. The molecule has 0 saturated heterocycles. The molecule has 2 rings (SSSR count). The van der Waals surface area contributed by atoms with Crippen molar-refractivity contribution in [2.24, 2.45) is 0 Å². The number of carbonyl (C=O) groups is 1. The van der Waals surface area contributed by atoms with E-state index in [0.717, 1.165) is 11.1 Å². The zero-order valence-electron chi connectivity index (χ0n) is 10.4. The Morgan fingerprint density at radius 3 is 2.61 bits per heavy atom. The summed E-state index contributed by atoms with van der Waals surface area (Å²) in [7, 11) is 0. The fraction of sp³-hybridized carbons (Fsp3) is 0.231. The van der Waals surface area contributed by atoms with Gasteiger partial charge < -0.3 is 9.84 Å². The summed E-state index contributed by atoms with van der Waals surface area (Å²) >= 11 is 6.13. The van der Waals surface area contributed by atoms with Crippen LogP contribution in [0.3, 0.4) is 0 Å². The fourth-order valence-corrected chi connectivity index (χ4v) is 2.13. The number of benzene rings is 1. The van der Waals surface area contributed by atoms with Gasteiger partial charge in [0.1, 0.15) is 11.8 Å². The number of nitrogens with zero attached hydrogens (tertiary/aromatic N) is 1. The Hall–Kier alpha value is -1.81. The molecule has 0 atom stereocenters. The fourth-order valence-electron chi connectivity index (χ4n) is 1.77. The second-order valence-electron chi connectivity index (χ2n) is 4.21. The standard InChI is InChI=1S/C13H13ClN2O2/c1-7-4-8(2)12(11(14)5-7)15-13(17)10-6-18-16-9(10)3/h4-6H,1-3H3,(H,15,17). The first kappa shape index (κ1) is 12.6. The number of halogens is 1. The lowest BCUT2D eigenvalue weighted by Gasteiger charge is -2.10. The van der Waals surface area contributed by atoms with Gasteiger partial charge in [-0.15, -0.1) is 0 Å². The number of nitrogens with one attached hydrogen (secondary N) is 1. The topological polar surface area (TPSA) is 55.1 Å². The van der Waals surface area contributed by atoms with Crippen LogP contribution in [-0.4, -0.2) is 11.1 Å². The average molecular weight is 265 g/mol.